The van der Waals surface area contributed by atoms with Gasteiger partial charge in [-0.2, -0.15) is 8.42 Å². The highest BCUT2D eigenvalue weighted by Gasteiger charge is 2.41. The molecule has 1 N–H and O–H groups in total. The number of para-hydroxylation sites is 1. The number of alkyl carbamates (subject to hydrolysis) is 1. The molecule has 0 fully saturated rings. The lowest BCUT2D eigenvalue weighted by atomic mass is 10.1. The van der Waals surface area contributed by atoms with Crippen molar-refractivity contribution in [2.24, 2.45) is 0 Å². The monoisotopic (exact) mass is 394 g/mol. The average Bonchev–Trinajstić information content (AvgIpc) is 2.99. The lowest BCUT2D eigenvalue weighted by Crippen LogP contribution is -2.42. The van der Waals surface area contributed by atoms with E-state index in [1.54, 1.807) is 37.5 Å². The summed E-state index contributed by atoms with van der Waals surface area (Å²) in [6.07, 6.45) is -0.0936. The van der Waals surface area contributed by atoms with E-state index < -0.39 is 34.0 Å². The van der Waals surface area contributed by atoms with Gasteiger partial charge in [-0.05, 0) is 26.8 Å². The highest BCUT2D eigenvalue weighted by atomic mass is 32.2. The van der Waals surface area contributed by atoms with Crippen molar-refractivity contribution < 1.29 is 26.9 Å². The Morgan fingerprint density at radius 2 is 1.96 bits per heavy atom. The smallest absolute Gasteiger partial charge is 0.408 e. The van der Waals surface area contributed by atoms with Crippen LogP contribution in [-0.4, -0.2) is 43.3 Å². The fraction of sp³-hybridized carbons (Fsp3) is 0.444. The van der Waals surface area contributed by atoms with Gasteiger partial charge in [0.15, 0.2) is 6.29 Å². The summed E-state index contributed by atoms with van der Waals surface area (Å²) in [5.74, 6) is 0. The molecule has 0 unspecified atom stereocenters. The van der Waals surface area contributed by atoms with Crippen LogP contribution in [0.4, 0.5) is 4.79 Å². The Morgan fingerprint density at radius 1 is 1.30 bits per heavy atom. The number of nitrogens with one attached hydrogen (secondary N) is 1. The summed E-state index contributed by atoms with van der Waals surface area (Å²) in [5, 5.41) is 3.38. The number of fused-ring (bicyclic) bond motifs is 3. The van der Waals surface area contributed by atoms with Crippen molar-refractivity contribution in [2.75, 3.05) is 6.26 Å². The standard InChI is InChI=1S/C18H22N2O6S/c1-18(2,3)25-17(22)19-13-9-20-14-8-6-5-7-11(14)12(10-21)15(20)16(13)26-27(4,23)24/h5-8,10,13,16H,9H2,1-4H3,(H,19,22)/t13-,16-/m0/s1. The van der Waals surface area contributed by atoms with Crippen molar-refractivity contribution >= 4 is 33.4 Å². The van der Waals surface area contributed by atoms with E-state index >= 15 is 0 Å². The molecule has 0 spiro atoms. The number of aldehydes is 1. The van der Waals surface area contributed by atoms with Crippen LogP contribution in [0.5, 0.6) is 0 Å². The lowest BCUT2D eigenvalue weighted by molar-refractivity contribution is 0.0457. The Bertz CT molecular complexity index is 1000. The Labute approximate surface area is 157 Å². The van der Waals surface area contributed by atoms with Gasteiger partial charge < -0.3 is 14.6 Å². The first kappa shape index (κ1) is 19.4. The summed E-state index contributed by atoms with van der Waals surface area (Å²) in [4.78, 5) is 23.9. The first-order valence-corrected chi connectivity index (χ1v) is 10.3. The first-order chi connectivity index (χ1) is 12.5. The highest BCUT2D eigenvalue weighted by molar-refractivity contribution is 7.86. The van der Waals surface area contributed by atoms with Gasteiger partial charge in [-0.3, -0.25) is 8.98 Å². The zero-order chi connectivity index (χ0) is 20.0. The van der Waals surface area contributed by atoms with Crippen LogP contribution in [0, 0.1) is 0 Å². The minimum atomic E-state index is -3.84. The molecule has 1 aliphatic rings. The molecule has 1 aromatic heterocycles. The molecule has 1 amide bonds. The van der Waals surface area contributed by atoms with E-state index in [1.807, 2.05) is 12.1 Å². The third-order valence-corrected chi connectivity index (χ3v) is 4.72. The zero-order valence-corrected chi connectivity index (χ0v) is 16.4. The fourth-order valence-corrected chi connectivity index (χ4v) is 3.94. The van der Waals surface area contributed by atoms with Crippen LogP contribution in [0.25, 0.3) is 10.9 Å². The summed E-state index contributed by atoms with van der Waals surface area (Å²) >= 11 is 0. The van der Waals surface area contributed by atoms with Gasteiger partial charge in [0.25, 0.3) is 10.1 Å². The van der Waals surface area contributed by atoms with E-state index in [-0.39, 0.29) is 6.54 Å². The Morgan fingerprint density at radius 3 is 2.56 bits per heavy atom. The highest BCUT2D eigenvalue weighted by Crippen LogP contribution is 2.39. The molecule has 2 aromatic rings. The number of nitrogens with zero attached hydrogens (tertiary/aromatic N) is 1. The maximum Gasteiger partial charge on any atom is 0.408 e. The number of hydrogen-bond acceptors (Lipinski definition) is 6. The number of ether oxygens (including phenoxy) is 1. The molecule has 2 atom stereocenters. The van der Waals surface area contributed by atoms with Crippen LogP contribution in [0.15, 0.2) is 24.3 Å². The van der Waals surface area contributed by atoms with E-state index in [0.717, 1.165) is 11.8 Å². The van der Waals surface area contributed by atoms with Gasteiger partial charge in [0.1, 0.15) is 11.7 Å². The van der Waals surface area contributed by atoms with Gasteiger partial charge in [0.05, 0.1) is 18.0 Å². The SMILES string of the molecule is CC(C)(C)OC(=O)N[C@H]1Cn2c(c(C=O)c3ccccc32)[C@H]1OS(C)(=O)=O. The molecular weight excluding hydrogens is 372 g/mol. The van der Waals surface area contributed by atoms with Gasteiger partial charge in [0.2, 0.25) is 0 Å². The van der Waals surface area contributed by atoms with Crippen LogP contribution >= 0.6 is 0 Å². The number of carbonyl (C=O) groups excluding carboxylic acids is 2. The van der Waals surface area contributed by atoms with E-state index in [0.29, 0.717) is 22.9 Å². The number of rotatable bonds is 4. The summed E-state index contributed by atoms with van der Waals surface area (Å²) in [5.41, 5.74) is 0.849. The molecular formula is C18H22N2O6S. The molecule has 8 nitrogen and oxygen atoms in total. The van der Waals surface area contributed by atoms with Gasteiger partial charge in [-0.25, -0.2) is 4.79 Å². The molecule has 3 rings (SSSR count). The molecule has 9 heteroatoms. The molecule has 0 bridgehead atoms. The molecule has 146 valence electrons. The van der Waals surface area contributed by atoms with E-state index in [4.69, 9.17) is 8.92 Å². The topological polar surface area (TPSA) is 104 Å². The predicted octanol–water partition coefficient (Wildman–Crippen LogP) is 2.38. The second-order valence-electron chi connectivity index (χ2n) is 7.52. The minimum Gasteiger partial charge on any atom is -0.444 e. The number of amides is 1. The Kier molecular flexibility index (Phi) is 4.77. The second kappa shape index (κ2) is 6.65. The Hall–Kier alpha value is -2.39. The molecule has 1 aliphatic heterocycles. The number of benzene rings is 1. The maximum atomic E-state index is 12.2. The van der Waals surface area contributed by atoms with Crippen molar-refractivity contribution in [3.05, 3.63) is 35.5 Å². The quantitative estimate of drug-likeness (QED) is 0.631. The number of carbonyl (C=O) groups is 2. The molecule has 0 saturated carbocycles. The van der Waals surface area contributed by atoms with Gasteiger partial charge in [0, 0.05) is 23.0 Å². The number of aromatic nitrogens is 1. The van der Waals surface area contributed by atoms with Gasteiger partial charge in [-0.15, -0.1) is 0 Å². The molecule has 0 radical (unpaired) electrons. The van der Waals surface area contributed by atoms with E-state index in [2.05, 4.69) is 5.32 Å². The summed E-state index contributed by atoms with van der Waals surface area (Å²) in [6.45, 7) is 5.44. The van der Waals surface area contributed by atoms with Crippen LogP contribution < -0.4 is 5.32 Å². The lowest BCUT2D eigenvalue weighted by Gasteiger charge is -2.24. The van der Waals surface area contributed by atoms with Gasteiger partial charge >= 0.3 is 6.09 Å². The van der Waals surface area contributed by atoms with Crippen LogP contribution in [0.2, 0.25) is 0 Å². The van der Waals surface area contributed by atoms with Crippen LogP contribution in [-0.2, 0) is 25.6 Å². The predicted molar refractivity (Wildman–Crippen MR) is 99.2 cm³/mol. The van der Waals surface area contributed by atoms with E-state index in [9.17, 15) is 18.0 Å². The first-order valence-electron chi connectivity index (χ1n) is 8.44. The summed E-state index contributed by atoms with van der Waals surface area (Å²) in [7, 11) is -3.84. The van der Waals surface area contributed by atoms with Gasteiger partial charge in [-0.1, -0.05) is 18.2 Å². The third-order valence-electron chi connectivity index (χ3n) is 4.16. The molecule has 27 heavy (non-hydrogen) atoms. The normalized spacial score (nSPS) is 19.7. The minimum absolute atomic E-state index is 0.253. The largest absolute Gasteiger partial charge is 0.444 e. The molecule has 0 saturated heterocycles. The number of hydrogen-bond donors (Lipinski definition) is 1. The molecule has 2 heterocycles. The Balaban J connectivity index is 2.03. The molecule has 0 aliphatic carbocycles. The fourth-order valence-electron chi connectivity index (χ4n) is 3.34. The van der Waals surface area contributed by atoms with Crippen molar-refractivity contribution in [1.82, 2.24) is 9.88 Å². The van der Waals surface area contributed by atoms with Crippen molar-refractivity contribution in [3.8, 4) is 0 Å². The second-order valence-corrected chi connectivity index (χ2v) is 9.12. The average molecular weight is 394 g/mol. The summed E-state index contributed by atoms with van der Waals surface area (Å²) in [6, 6.07) is 6.55. The van der Waals surface area contributed by atoms with Crippen LogP contribution in [0.3, 0.4) is 0 Å². The van der Waals surface area contributed by atoms with Crippen molar-refractivity contribution in [2.45, 2.75) is 45.1 Å². The van der Waals surface area contributed by atoms with Crippen molar-refractivity contribution in [3.63, 3.8) is 0 Å². The molecule has 1 aromatic carbocycles. The van der Waals surface area contributed by atoms with E-state index in [1.165, 1.54) is 0 Å². The van der Waals surface area contributed by atoms with Crippen molar-refractivity contribution in [1.29, 1.82) is 0 Å². The third kappa shape index (κ3) is 3.98. The maximum absolute atomic E-state index is 12.2. The zero-order valence-electron chi connectivity index (χ0n) is 15.6. The summed E-state index contributed by atoms with van der Waals surface area (Å²) < 4.78 is 35.9. The van der Waals surface area contributed by atoms with Crippen LogP contribution in [0.1, 0.15) is 42.9 Å².